The molecule has 7 heteroatoms. The second kappa shape index (κ2) is 7.72. The number of rotatable bonds is 5. The summed E-state index contributed by atoms with van der Waals surface area (Å²) in [5.41, 5.74) is 0.436. The number of anilines is 1. The van der Waals surface area contributed by atoms with E-state index in [0.717, 1.165) is 19.4 Å². The zero-order chi connectivity index (χ0) is 15.9. The Morgan fingerprint density at radius 2 is 2.09 bits per heavy atom. The average Bonchev–Trinajstić information content (AvgIpc) is 2.55. The van der Waals surface area contributed by atoms with Crippen molar-refractivity contribution in [3.8, 4) is 0 Å². The van der Waals surface area contributed by atoms with Gasteiger partial charge in [-0.15, -0.1) is 0 Å². The molecule has 2 heterocycles. The van der Waals surface area contributed by atoms with Crippen LogP contribution in [0.2, 0.25) is 0 Å². The van der Waals surface area contributed by atoms with Crippen LogP contribution < -0.4 is 5.32 Å². The maximum Gasteiger partial charge on any atom is 0.310 e. The molecule has 1 unspecified atom stereocenters. The minimum atomic E-state index is -0.236. The molecule has 1 saturated heterocycles. The van der Waals surface area contributed by atoms with E-state index in [1.807, 2.05) is 6.92 Å². The third-order valence-electron chi connectivity index (χ3n) is 3.56. The van der Waals surface area contributed by atoms with Crippen molar-refractivity contribution < 1.29 is 14.3 Å². The molecule has 1 amide bonds. The molecule has 1 aliphatic heterocycles. The van der Waals surface area contributed by atoms with E-state index in [2.05, 4.69) is 15.3 Å². The van der Waals surface area contributed by atoms with Gasteiger partial charge in [0.25, 0.3) is 5.91 Å². The number of nitrogens with zero attached hydrogens (tertiary/aromatic N) is 3. The zero-order valence-electron chi connectivity index (χ0n) is 13.0. The molecule has 1 N–H and O–H groups in total. The van der Waals surface area contributed by atoms with Crippen LogP contribution in [0.4, 0.5) is 5.95 Å². The fraction of sp³-hybridized carbons (Fsp3) is 0.600. The van der Waals surface area contributed by atoms with Gasteiger partial charge < -0.3 is 15.0 Å². The SMILES string of the molecule is CCNc1ncc(C(=O)N2CCCC(C(=O)OCC)C2)cn1. The number of ether oxygens (including phenoxy) is 1. The Labute approximate surface area is 130 Å². The Bertz CT molecular complexity index is 518. The molecule has 0 bridgehead atoms. The molecule has 0 aliphatic carbocycles. The van der Waals surface area contributed by atoms with Crippen molar-refractivity contribution in [1.29, 1.82) is 0 Å². The number of hydrogen-bond donors (Lipinski definition) is 1. The molecule has 2 rings (SSSR count). The maximum absolute atomic E-state index is 12.5. The smallest absolute Gasteiger partial charge is 0.310 e. The van der Waals surface area contributed by atoms with Gasteiger partial charge in [0.2, 0.25) is 5.95 Å². The first-order chi connectivity index (χ1) is 10.7. The minimum absolute atomic E-state index is 0.142. The number of piperidine rings is 1. The number of carbonyl (C=O) groups is 2. The fourth-order valence-corrected chi connectivity index (χ4v) is 2.48. The monoisotopic (exact) mass is 306 g/mol. The number of nitrogens with one attached hydrogen (secondary N) is 1. The Balaban J connectivity index is 2.00. The number of hydrogen-bond acceptors (Lipinski definition) is 6. The first-order valence-electron chi connectivity index (χ1n) is 7.67. The number of aromatic nitrogens is 2. The van der Waals surface area contributed by atoms with Gasteiger partial charge in [-0.05, 0) is 26.7 Å². The van der Waals surface area contributed by atoms with Crippen LogP contribution in [0.15, 0.2) is 12.4 Å². The minimum Gasteiger partial charge on any atom is -0.466 e. The highest BCUT2D eigenvalue weighted by molar-refractivity contribution is 5.94. The van der Waals surface area contributed by atoms with Gasteiger partial charge in [-0.25, -0.2) is 9.97 Å². The van der Waals surface area contributed by atoms with Crippen molar-refractivity contribution in [2.75, 3.05) is 31.6 Å². The van der Waals surface area contributed by atoms with Crippen molar-refractivity contribution >= 4 is 17.8 Å². The predicted molar refractivity (Wildman–Crippen MR) is 81.5 cm³/mol. The summed E-state index contributed by atoms with van der Waals surface area (Å²) < 4.78 is 5.05. The number of carbonyl (C=O) groups excluding carboxylic acids is 2. The van der Waals surface area contributed by atoms with Crippen LogP contribution in [0.5, 0.6) is 0 Å². The van der Waals surface area contributed by atoms with Gasteiger partial charge in [-0.3, -0.25) is 9.59 Å². The van der Waals surface area contributed by atoms with Crippen LogP contribution in [-0.4, -0.2) is 53.0 Å². The van der Waals surface area contributed by atoms with Gasteiger partial charge >= 0.3 is 5.97 Å². The highest BCUT2D eigenvalue weighted by Gasteiger charge is 2.29. The molecule has 0 saturated carbocycles. The molecule has 1 aromatic heterocycles. The Hall–Kier alpha value is -2.18. The van der Waals surface area contributed by atoms with E-state index < -0.39 is 0 Å². The van der Waals surface area contributed by atoms with E-state index in [1.54, 1.807) is 11.8 Å². The fourth-order valence-electron chi connectivity index (χ4n) is 2.48. The highest BCUT2D eigenvalue weighted by atomic mass is 16.5. The summed E-state index contributed by atoms with van der Waals surface area (Å²) in [6.45, 7) is 5.86. The van der Waals surface area contributed by atoms with Crippen LogP contribution >= 0.6 is 0 Å². The zero-order valence-corrected chi connectivity index (χ0v) is 13.0. The molecular weight excluding hydrogens is 284 g/mol. The molecule has 0 radical (unpaired) electrons. The van der Waals surface area contributed by atoms with E-state index >= 15 is 0 Å². The topological polar surface area (TPSA) is 84.4 Å². The molecule has 22 heavy (non-hydrogen) atoms. The molecule has 1 atom stereocenters. The first-order valence-corrected chi connectivity index (χ1v) is 7.67. The standard InChI is InChI=1S/C15H22N4O3/c1-3-16-15-17-8-12(9-18-15)13(20)19-7-5-6-11(10-19)14(21)22-4-2/h8-9,11H,3-7,10H2,1-2H3,(H,16,17,18). The van der Waals surface area contributed by atoms with Crippen molar-refractivity contribution in [1.82, 2.24) is 14.9 Å². The lowest BCUT2D eigenvalue weighted by Gasteiger charge is -2.31. The summed E-state index contributed by atoms with van der Waals surface area (Å²) in [6, 6.07) is 0. The summed E-state index contributed by atoms with van der Waals surface area (Å²) in [4.78, 5) is 34.2. The maximum atomic E-state index is 12.5. The van der Waals surface area contributed by atoms with E-state index in [0.29, 0.717) is 31.2 Å². The Kier molecular flexibility index (Phi) is 5.68. The van der Waals surface area contributed by atoms with Crippen LogP contribution in [0.3, 0.4) is 0 Å². The van der Waals surface area contributed by atoms with Crippen molar-refractivity contribution in [2.24, 2.45) is 5.92 Å². The van der Waals surface area contributed by atoms with Crippen LogP contribution in [0, 0.1) is 5.92 Å². The van der Waals surface area contributed by atoms with Gasteiger partial charge in [0, 0.05) is 32.0 Å². The van der Waals surface area contributed by atoms with Gasteiger partial charge in [-0.2, -0.15) is 0 Å². The molecule has 120 valence electrons. The first kappa shape index (κ1) is 16.2. The summed E-state index contributed by atoms with van der Waals surface area (Å²) >= 11 is 0. The van der Waals surface area contributed by atoms with E-state index in [9.17, 15) is 9.59 Å². The van der Waals surface area contributed by atoms with Crippen LogP contribution in [0.1, 0.15) is 37.0 Å². The molecule has 1 fully saturated rings. The second-order valence-corrected chi connectivity index (χ2v) is 5.17. The largest absolute Gasteiger partial charge is 0.466 e. The van der Waals surface area contributed by atoms with Crippen LogP contribution in [-0.2, 0) is 9.53 Å². The number of likely N-dealkylation sites (tertiary alicyclic amines) is 1. The lowest BCUT2D eigenvalue weighted by atomic mass is 9.98. The number of amides is 1. The summed E-state index contributed by atoms with van der Waals surface area (Å²) in [6.07, 6.45) is 4.59. The summed E-state index contributed by atoms with van der Waals surface area (Å²) in [5.74, 6) is -0.0996. The van der Waals surface area contributed by atoms with Gasteiger partial charge in [0.1, 0.15) is 0 Å². The van der Waals surface area contributed by atoms with Gasteiger partial charge in [0.15, 0.2) is 0 Å². The molecule has 1 aliphatic rings. The molecule has 0 spiro atoms. The van der Waals surface area contributed by atoms with Crippen molar-refractivity contribution in [3.05, 3.63) is 18.0 Å². The third-order valence-corrected chi connectivity index (χ3v) is 3.56. The quantitative estimate of drug-likeness (QED) is 0.826. The Morgan fingerprint density at radius 1 is 1.36 bits per heavy atom. The highest BCUT2D eigenvalue weighted by Crippen LogP contribution is 2.19. The lowest BCUT2D eigenvalue weighted by Crippen LogP contribution is -2.42. The molecule has 1 aromatic rings. The average molecular weight is 306 g/mol. The molecule has 7 nitrogen and oxygen atoms in total. The normalized spacial score (nSPS) is 17.9. The van der Waals surface area contributed by atoms with Crippen molar-refractivity contribution in [2.45, 2.75) is 26.7 Å². The van der Waals surface area contributed by atoms with E-state index in [4.69, 9.17) is 4.74 Å². The molecule has 0 aromatic carbocycles. The molecular formula is C15H22N4O3. The van der Waals surface area contributed by atoms with Crippen molar-refractivity contribution in [3.63, 3.8) is 0 Å². The van der Waals surface area contributed by atoms with E-state index in [1.165, 1.54) is 12.4 Å². The number of esters is 1. The third kappa shape index (κ3) is 3.93. The van der Waals surface area contributed by atoms with Crippen LogP contribution in [0.25, 0.3) is 0 Å². The Morgan fingerprint density at radius 3 is 2.73 bits per heavy atom. The summed E-state index contributed by atoms with van der Waals surface area (Å²) in [7, 11) is 0. The summed E-state index contributed by atoms with van der Waals surface area (Å²) in [5, 5.41) is 2.98. The lowest BCUT2D eigenvalue weighted by molar-refractivity contribution is -0.149. The van der Waals surface area contributed by atoms with Gasteiger partial charge in [0.05, 0.1) is 18.1 Å². The predicted octanol–water partition coefficient (Wildman–Crippen LogP) is 1.32. The second-order valence-electron chi connectivity index (χ2n) is 5.17. The van der Waals surface area contributed by atoms with E-state index in [-0.39, 0.29) is 17.8 Å². The van der Waals surface area contributed by atoms with Gasteiger partial charge in [-0.1, -0.05) is 0 Å².